The number of carboxylic acid groups (broad SMARTS) is 1. The molecule has 0 spiro atoms. The lowest BCUT2D eigenvalue weighted by Crippen LogP contribution is -2.44. The van der Waals surface area contributed by atoms with Gasteiger partial charge in [0.05, 0.1) is 12.5 Å². The first-order chi connectivity index (χ1) is 8.45. The van der Waals surface area contributed by atoms with Crippen LogP contribution in [0, 0.1) is 0 Å². The fraction of sp³-hybridized carbons (Fsp3) is 0.833. The first-order valence-corrected chi connectivity index (χ1v) is 6.33. The maximum absolute atomic E-state index is 12.2. The molecule has 1 aliphatic rings. The van der Waals surface area contributed by atoms with E-state index in [-0.39, 0.29) is 31.0 Å². The second-order valence-corrected chi connectivity index (χ2v) is 4.83. The molecule has 2 atom stereocenters. The quantitative estimate of drug-likeness (QED) is 0.710. The largest absolute Gasteiger partial charge is 0.481 e. The van der Waals surface area contributed by atoms with Gasteiger partial charge in [-0.1, -0.05) is 0 Å². The van der Waals surface area contributed by atoms with Crippen LogP contribution in [0.4, 0.5) is 0 Å². The van der Waals surface area contributed by atoms with Crippen LogP contribution in [0.5, 0.6) is 0 Å². The van der Waals surface area contributed by atoms with Gasteiger partial charge in [-0.05, 0) is 26.7 Å². The van der Waals surface area contributed by atoms with E-state index in [1.807, 2.05) is 13.8 Å². The number of ether oxygens (including phenoxy) is 1. The summed E-state index contributed by atoms with van der Waals surface area (Å²) in [5.74, 6) is -1.03. The lowest BCUT2D eigenvalue weighted by molar-refractivity contribution is -0.146. The molecular weight excluding hydrogens is 236 g/mol. The van der Waals surface area contributed by atoms with E-state index in [1.165, 1.54) is 0 Å². The molecule has 1 amide bonds. The molecule has 1 heterocycles. The number of nitrogens with two attached hydrogens (primary N) is 1. The van der Waals surface area contributed by atoms with Crippen LogP contribution < -0.4 is 5.73 Å². The van der Waals surface area contributed by atoms with Gasteiger partial charge < -0.3 is 20.5 Å². The van der Waals surface area contributed by atoms with E-state index in [0.29, 0.717) is 13.0 Å². The van der Waals surface area contributed by atoms with Gasteiger partial charge in [-0.15, -0.1) is 0 Å². The van der Waals surface area contributed by atoms with Gasteiger partial charge in [-0.25, -0.2) is 0 Å². The van der Waals surface area contributed by atoms with Gasteiger partial charge in [-0.3, -0.25) is 9.59 Å². The van der Waals surface area contributed by atoms with Crippen LogP contribution in [0.2, 0.25) is 0 Å². The minimum atomic E-state index is -0.902. The molecule has 0 aliphatic carbocycles. The Morgan fingerprint density at radius 1 is 1.44 bits per heavy atom. The van der Waals surface area contributed by atoms with Gasteiger partial charge in [0.25, 0.3) is 5.91 Å². The van der Waals surface area contributed by atoms with E-state index < -0.39 is 12.1 Å². The summed E-state index contributed by atoms with van der Waals surface area (Å²) in [4.78, 5) is 24.4. The first kappa shape index (κ1) is 14.9. The Labute approximate surface area is 107 Å². The molecule has 1 aliphatic heterocycles. The van der Waals surface area contributed by atoms with Crippen LogP contribution in [0.15, 0.2) is 0 Å². The molecule has 6 heteroatoms. The van der Waals surface area contributed by atoms with Crippen molar-refractivity contribution in [3.8, 4) is 0 Å². The molecular formula is C12H22N2O4. The number of hydrogen-bond acceptors (Lipinski definition) is 4. The highest BCUT2D eigenvalue weighted by Gasteiger charge is 2.33. The fourth-order valence-corrected chi connectivity index (χ4v) is 2.08. The number of carbonyl (C=O) groups excluding carboxylic acids is 1. The minimum Gasteiger partial charge on any atom is -0.481 e. The number of rotatable bonds is 6. The summed E-state index contributed by atoms with van der Waals surface area (Å²) in [6.07, 6.45) is 0.897. The molecule has 6 nitrogen and oxygen atoms in total. The Balaban J connectivity index is 2.57. The van der Waals surface area contributed by atoms with Gasteiger partial charge in [0.2, 0.25) is 0 Å². The van der Waals surface area contributed by atoms with Gasteiger partial charge in [0.15, 0.2) is 0 Å². The smallest absolute Gasteiger partial charge is 0.305 e. The summed E-state index contributed by atoms with van der Waals surface area (Å²) in [6, 6.07) is -0.0302. The molecule has 1 rings (SSSR count). The van der Waals surface area contributed by atoms with E-state index in [4.69, 9.17) is 15.6 Å². The highest BCUT2D eigenvalue weighted by atomic mass is 16.5. The van der Waals surface area contributed by atoms with Crippen LogP contribution in [0.25, 0.3) is 0 Å². The lowest BCUT2D eigenvalue weighted by Gasteiger charge is -2.28. The standard InChI is InChI=1S/C12H22N2O4/c1-8(2)14(6-5-11(15)16)12(17)10-4-3-9(7-13)18-10/h8-10H,3-7,13H2,1-2H3,(H,15,16). The average Bonchev–Trinajstić information content (AvgIpc) is 2.76. The third-order valence-corrected chi connectivity index (χ3v) is 3.12. The Bertz CT molecular complexity index is 306. The van der Waals surface area contributed by atoms with Crippen molar-refractivity contribution in [3.63, 3.8) is 0 Å². The van der Waals surface area contributed by atoms with Crippen LogP contribution in [-0.2, 0) is 14.3 Å². The molecule has 1 saturated heterocycles. The van der Waals surface area contributed by atoms with Crippen molar-refractivity contribution in [2.45, 2.75) is 51.4 Å². The van der Waals surface area contributed by atoms with Crippen LogP contribution in [0.3, 0.4) is 0 Å². The number of carbonyl (C=O) groups is 2. The number of carboxylic acids is 1. The summed E-state index contributed by atoms with van der Waals surface area (Å²) in [6.45, 7) is 4.38. The van der Waals surface area contributed by atoms with E-state index in [1.54, 1.807) is 4.90 Å². The second kappa shape index (κ2) is 6.70. The summed E-state index contributed by atoms with van der Waals surface area (Å²) in [5.41, 5.74) is 5.50. The molecule has 104 valence electrons. The van der Waals surface area contributed by atoms with E-state index in [0.717, 1.165) is 6.42 Å². The van der Waals surface area contributed by atoms with Crippen LogP contribution in [0.1, 0.15) is 33.1 Å². The Kier molecular flexibility index (Phi) is 5.55. The van der Waals surface area contributed by atoms with Crippen molar-refractivity contribution in [1.82, 2.24) is 4.90 Å². The molecule has 0 aromatic heterocycles. The maximum atomic E-state index is 12.2. The lowest BCUT2D eigenvalue weighted by atomic mass is 10.1. The molecule has 2 unspecified atom stereocenters. The van der Waals surface area contributed by atoms with Gasteiger partial charge in [0.1, 0.15) is 6.10 Å². The zero-order chi connectivity index (χ0) is 13.7. The summed E-state index contributed by atoms with van der Waals surface area (Å²) < 4.78 is 5.55. The highest BCUT2D eigenvalue weighted by Crippen LogP contribution is 2.21. The normalized spacial score (nSPS) is 23.3. The van der Waals surface area contributed by atoms with Crippen molar-refractivity contribution >= 4 is 11.9 Å². The zero-order valence-electron chi connectivity index (χ0n) is 11.0. The van der Waals surface area contributed by atoms with E-state index in [9.17, 15) is 9.59 Å². The monoisotopic (exact) mass is 258 g/mol. The van der Waals surface area contributed by atoms with Crippen LogP contribution in [-0.4, -0.2) is 53.2 Å². The molecule has 3 N–H and O–H groups in total. The van der Waals surface area contributed by atoms with Crippen molar-refractivity contribution in [3.05, 3.63) is 0 Å². The van der Waals surface area contributed by atoms with E-state index in [2.05, 4.69) is 0 Å². The number of nitrogens with zero attached hydrogens (tertiary/aromatic N) is 1. The maximum Gasteiger partial charge on any atom is 0.305 e. The SMILES string of the molecule is CC(C)N(CCC(=O)O)C(=O)C1CCC(CN)O1. The van der Waals surface area contributed by atoms with Crippen molar-refractivity contribution < 1.29 is 19.4 Å². The van der Waals surface area contributed by atoms with Gasteiger partial charge >= 0.3 is 5.97 Å². The molecule has 0 aromatic carbocycles. The summed E-state index contributed by atoms with van der Waals surface area (Å²) in [7, 11) is 0. The Morgan fingerprint density at radius 3 is 2.56 bits per heavy atom. The second-order valence-electron chi connectivity index (χ2n) is 4.83. The van der Waals surface area contributed by atoms with Crippen LogP contribution >= 0.6 is 0 Å². The number of aliphatic carboxylic acids is 1. The predicted octanol–water partition coefficient (Wildman–Crippen LogP) is 0.204. The first-order valence-electron chi connectivity index (χ1n) is 6.33. The third kappa shape index (κ3) is 3.96. The molecule has 0 bridgehead atoms. The highest BCUT2D eigenvalue weighted by molar-refractivity contribution is 5.82. The average molecular weight is 258 g/mol. The molecule has 1 fully saturated rings. The minimum absolute atomic E-state index is 0.0302. The summed E-state index contributed by atoms with van der Waals surface area (Å²) in [5, 5.41) is 8.69. The molecule has 0 saturated carbocycles. The predicted molar refractivity (Wildman–Crippen MR) is 66.1 cm³/mol. The van der Waals surface area contributed by atoms with Gasteiger partial charge in [0, 0.05) is 19.1 Å². The van der Waals surface area contributed by atoms with Gasteiger partial charge in [-0.2, -0.15) is 0 Å². The zero-order valence-corrected chi connectivity index (χ0v) is 11.0. The van der Waals surface area contributed by atoms with Crippen molar-refractivity contribution in [2.75, 3.05) is 13.1 Å². The van der Waals surface area contributed by atoms with Crippen molar-refractivity contribution in [2.24, 2.45) is 5.73 Å². The van der Waals surface area contributed by atoms with Crippen molar-refractivity contribution in [1.29, 1.82) is 0 Å². The Hall–Kier alpha value is -1.14. The number of amides is 1. The fourth-order valence-electron chi connectivity index (χ4n) is 2.08. The summed E-state index contributed by atoms with van der Waals surface area (Å²) >= 11 is 0. The van der Waals surface area contributed by atoms with E-state index >= 15 is 0 Å². The Morgan fingerprint density at radius 2 is 2.11 bits per heavy atom. The number of hydrogen-bond donors (Lipinski definition) is 2. The molecule has 18 heavy (non-hydrogen) atoms. The topological polar surface area (TPSA) is 92.9 Å². The molecule has 0 radical (unpaired) electrons. The third-order valence-electron chi connectivity index (χ3n) is 3.12. The molecule has 0 aromatic rings.